The fourth-order valence-corrected chi connectivity index (χ4v) is 4.39. The molecule has 1 aromatic rings. The lowest BCUT2D eigenvalue weighted by atomic mass is 9.97. The van der Waals surface area contributed by atoms with Gasteiger partial charge in [0.15, 0.2) is 0 Å². The van der Waals surface area contributed by atoms with Crippen LogP contribution in [0.5, 0.6) is 0 Å². The molecule has 29 heavy (non-hydrogen) atoms. The van der Waals surface area contributed by atoms with E-state index in [0.29, 0.717) is 12.3 Å². The minimum Gasteiger partial charge on any atom is -0.395 e. The summed E-state index contributed by atoms with van der Waals surface area (Å²) in [4.78, 5) is 19.2. The summed E-state index contributed by atoms with van der Waals surface area (Å²) in [5.41, 5.74) is 2.46. The van der Waals surface area contributed by atoms with Crippen molar-refractivity contribution in [1.29, 1.82) is 0 Å². The van der Waals surface area contributed by atoms with Crippen LogP contribution < -0.4 is 4.90 Å². The van der Waals surface area contributed by atoms with E-state index in [1.54, 1.807) is 0 Å². The van der Waals surface area contributed by atoms with Gasteiger partial charge >= 0.3 is 0 Å². The Morgan fingerprint density at radius 1 is 1.00 bits per heavy atom. The van der Waals surface area contributed by atoms with Crippen LogP contribution in [0, 0.1) is 0 Å². The Bertz CT molecular complexity index is 586. The Labute approximate surface area is 188 Å². The number of β-amino-alcohol motifs (C(OH)–C–C–N with tert-alkyl or cyclic N) is 1. The molecule has 1 saturated heterocycles. The van der Waals surface area contributed by atoms with Gasteiger partial charge in [-0.1, -0.05) is 31.9 Å². The van der Waals surface area contributed by atoms with Gasteiger partial charge < -0.3 is 10.0 Å². The molecule has 0 unspecified atom stereocenters. The fourth-order valence-electron chi connectivity index (χ4n) is 4.39. The van der Waals surface area contributed by atoms with Crippen LogP contribution >= 0.6 is 24.8 Å². The summed E-state index contributed by atoms with van der Waals surface area (Å²) < 4.78 is 0. The van der Waals surface area contributed by atoms with Crippen LogP contribution in [0.2, 0.25) is 0 Å². The summed E-state index contributed by atoms with van der Waals surface area (Å²) in [5, 5.41) is 9.06. The molecule has 1 aromatic carbocycles. The van der Waals surface area contributed by atoms with E-state index >= 15 is 0 Å². The van der Waals surface area contributed by atoms with E-state index in [1.165, 1.54) is 31.2 Å². The minimum atomic E-state index is 0. The number of amides is 1. The topological polar surface area (TPSA) is 47.0 Å². The SMILES string of the molecule is CCC(=O)N(CCN1CCN(CCO)CC1)c1ccc(C2CCCC2)cc1.Cl.Cl. The molecule has 2 aliphatic rings. The van der Waals surface area contributed by atoms with Gasteiger partial charge in [0, 0.05) is 57.9 Å². The zero-order valence-corrected chi connectivity index (χ0v) is 19.2. The monoisotopic (exact) mass is 445 g/mol. The van der Waals surface area contributed by atoms with Crippen LogP contribution in [0.3, 0.4) is 0 Å². The number of halogens is 2. The molecule has 0 atom stereocenters. The first-order valence-electron chi connectivity index (χ1n) is 10.7. The summed E-state index contributed by atoms with van der Waals surface area (Å²) in [6.45, 7) is 8.60. The lowest BCUT2D eigenvalue weighted by molar-refractivity contribution is -0.118. The molecule has 1 aliphatic carbocycles. The number of benzene rings is 1. The molecule has 166 valence electrons. The van der Waals surface area contributed by atoms with Crippen LogP contribution in [0.25, 0.3) is 0 Å². The minimum absolute atomic E-state index is 0. The summed E-state index contributed by atoms with van der Waals surface area (Å²) in [6, 6.07) is 8.74. The molecule has 0 bridgehead atoms. The number of anilines is 1. The van der Waals surface area contributed by atoms with Crippen LogP contribution in [-0.4, -0.2) is 73.2 Å². The highest BCUT2D eigenvalue weighted by atomic mass is 35.5. The third-order valence-corrected chi connectivity index (χ3v) is 6.16. The van der Waals surface area contributed by atoms with E-state index in [2.05, 4.69) is 34.1 Å². The lowest BCUT2D eigenvalue weighted by Gasteiger charge is -2.35. The van der Waals surface area contributed by atoms with Gasteiger partial charge in [-0.3, -0.25) is 14.6 Å². The summed E-state index contributed by atoms with van der Waals surface area (Å²) in [7, 11) is 0. The van der Waals surface area contributed by atoms with Crippen molar-refractivity contribution in [3.05, 3.63) is 29.8 Å². The van der Waals surface area contributed by atoms with Crippen molar-refractivity contribution in [3.63, 3.8) is 0 Å². The summed E-state index contributed by atoms with van der Waals surface area (Å²) >= 11 is 0. The fraction of sp³-hybridized carbons (Fsp3) is 0.682. The van der Waals surface area contributed by atoms with E-state index in [4.69, 9.17) is 5.11 Å². The third-order valence-electron chi connectivity index (χ3n) is 6.16. The molecular formula is C22H37Cl2N3O2. The van der Waals surface area contributed by atoms with Crippen LogP contribution in [0.1, 0.15) is 50.5 Å². The highest BCUT2D eigenvalue weighted by molar-refractivity contribution is 5.93. The quantitative estimate of drug-likeness (QED) is 0.664. The molecule has 0 radical (unpaired) electrons. The predicted octanol–water partition coefficient (Wildman–Crippen LogP) is 3.54. The highest BCUT2D eigenvalue weighted by Crippen LogP contribution is 2.34. The van der Waals surface area contributed by atoms with E-state index in [9.17, 15) is 4.79 Å². The predicted molar refractivity (Wildman–Crippen MR) is 125 cm³/mol. The molecule has 7 heteroatoms. The number of aliphatic hydroxyl groups excluding tert-OH is 1. The average Bonchev–Trinajstić information content (AvgIpc) is 3.25. The largest absolute Gasteiger partial charge is 0.395 e. The summed E-state index contributed by atoms with van der Waals surface area (Å²) in [5.74, 6) is 0.909. The second kappa shape index (κ2) is 13.5. The van der Waals surface area contributed by atoms with Gasteiger partial charge in [0.25, 0.3) is 0 Å². The first kappa shape index (κ1) is 26.2. The molecule has 5 nitrogen and oxygen atoms in total. The van der Waals surface area contributed by atoms with Crippen molar-refractivity contribution in [2.75, 3.05) is 57.3 Å². The smallest absolute Gasteiger partial charge is 0.226 e. The number of hydrogen-bond acceptors (Lipinski definition) is 4. The maximum absolute atomic E-state index is 12.5. The van der Waals surface area contributed by atoms with E-state index in [1.807, 2.05) is 11.8 Å². The Morgan fingerprint density at radius 2 is 1.55 bits per heavy atom. The number of aliphatic hydroxyl groups is 1. The van der Waals surface area contributed by atoms with Crippen molar-refractivity contribution >= 4 is 36.4 Å². The molecular weight excluding hydrogens is 409 g/mol. The number of rotatable bonds is 8. The maximum atomic E-state index is 12.5. The number of piperazine rings is 1. The molecule has 2 fully saturated rings. The molecule has 0 spiro atoms. The van der Waals surface area contributed by atoms with Crippen molar-refractivity contribution in [2.45, 2.75) is 44.9 Å². The van der Waals surface area contributed by atoms with Gasteiger partial charge in [-0.15, -0.1) is 24.8 Å². The second-order valence-corrected chi connectivity index (χ2v) is 7.88. The van der Waals surface area contributed by atoms with Crippen LogP contribution in [0.15, 0.2) is 24.3 Å². The molecule has 1 N–H and O–H groups in total. The Morgan fingerprint density at radius 3 is 2.07 bits per heavy atom. The standard InChI is InChI=1S/C22H35N3O2.2ClH/c1-2-22(27)25(16-15-23-11-13-24(14-12-23)17-18-26)21-9-7-20(8-10-21)19-5-3-4-6-19;;/h7-10,19,26H,2-6,11-18H2,1H3;2*1H. The van der Waals surface area contributed by atoms with Gasteiger partial charge in [-0.25, -0.2) is 0 Å². The normalized spacial score (nSPS) is 18.1. The van der Waals surface area contributed by atoms with Gasteiger partial charge in [-0.05, 0) is 36.5 Å². The molecule has 1 amide bonds. The molecule has 1 aliphatic heterocycles. The van der Waals surface area contributed by atoms with Gasteiger partial charge in [0.05, 0.1) is 6.61 Å². The number of nitrogens with zero attached hydrogens (tertiary/aromatic N) is 3. The number of carbonyl (C=O) groups excluding carboxylic acids is 1. The van der Waals surface area contributed by atoms with Crippen molar-refractivity contribution in [1.82, 2.24) is 9.80 Å². The Hall–Kier alpha value is -0.850. The van der Waals surface area contributed by atoms with Crippen LogP contribution in [0.4, 0.5) is 5.69 Å². The Balaban J connectivity index is 0.00000210. The van der Waals surface area contributed by atoms with Crippen molar-refractivity contribution in [3.8, 4) is 0 Å². The number of carbonyl (C=O) groups is 1. The highest BCUT2D eigenvalue weighted by Gasteiger charge is 2.21. The lowest BCUT2D eigenvalue weighted by Crippen LogP contribution is -2.49. The van der Waals surface area contributed by atoms with Crippen LogP contribution in [-0.2, 0) is 4.79 Å². The first-order chi connectivity index (χ1) is 13.2. The molecule has 3 rings (SSSR count). The van der Waals surface area contributed by atoms with E-state index in [0.717, 1.165) is 51.5 Å². The first-order valence-corrected chi connectivity index (χ1v) is 10.7. The van der Waals surface area contributed by atoms with E-state index < -0.39 is 0 Å². The van der Waals surface area contributed by atoms with Gasteiger partial charge in [0.2, 0.25) is 5.91 Å². The molecule has 1 saturated carbocycles. The average molecular weight is 446 g/mol. The molecule has 1 heterocycles. The van der Waals surface area contributed by atoms with E-state index in [-0.39, 0.29) is 37.3 Å². The van der Waals surface area contributed by atoms with Gasteiger partial charge in [-0.2, -0.15) is 0 Å². The summed E-state index contributed by atoms with van der Waals surface area (Å²) in [6.07, 6.45) is 5.84. The zero-order chi connectivity index (χ0) is 19.1. The molecule has 0 aromatic heterocycles. The second-order valence-electron chi connectivity index (χ2n) is 7.88. The van der Waals surface area contributed by atoms with Crippen molar-refractivity contribution < 1.29 is 9.90 Å². The maximum Gasteiger partial charge on any atom is 0.226 e. The van der Waals surface area contributed by atoms with Gasteiger partial charge in [0.1, 0.15) is 0 Å². The number of hydrogen-bond donors (Lipinski definition) is 1. The Kier molecular flexibility index (Phi) is 12.1. The van der Waals surface area contributed by atoms with Crippen molar-refractivity contribution in [2.24, 2.45) is 0 Å². The third kappa shape index (κ3) is 7.41. The zero-order valence-electron chi connectivity index (χ0n) is 17.6.